The van der Waals surface area contributed by atoms with E-state index in [0.717, 1.165) is 33.4 Å². The fourth-order valence-electron chi connectivity index (χ4n) is 13.6. The number of benzene rings is 8. The Morgan fingerprint density at radius 1 is 0.331 bits per heavy atom. The highest BCUT2D eigenvalue weighted by Gasteiger charge is 2.58. The molecule has 0 spiro atoms. The highest BCUT2D eigenvalue weighted by atomic mass is 16.8. The van der Waals surface area contributed by atoms with Crippen molar-refractivity contribution >= 4 is 41.8 Å². The number of esters is 5. The fraction of sp³-hybridized carbons (Fsp3) is 0.439. The molecule has 662 valence electrons. The molecule has 3 aliphatic heterocycles. The lowest BCUT2D eigenvalue weighted by Crippen LogP contribution is -2.67. The molecule has 0 radical (unpaired) electrons. The minimum Gasteiger partial charge on any atom is -0.458 e. The SMILES string of the molecule is CC(C)(C)OC(=O)[C@H](CC(=O)N[C@H]1O[C@H](CO[C@@H]2O[C@H](CO[C@H]3O[C@H](COCc4ccccc4)[C@@H](OCc4ccccc4)[C@H](OCc4ccccc4)[C@H]3OCc3ccccc3)[C@@H](OC(=O)C(C)(C)C)[C@H](OC(=O)C(C)(C)C)[C@H]2OC(=O)C(C)(C)C)[C@@H](OCc2ccccc2)[C@H](OCc2ccccc2)[C@H]1OCc1ccccc1)NC(=O)OC(=O)c1ccccc1. The molecule has 8 aromatic rings. The Kier molecular flexibility index (Phi) is 34.2. The summed E-state index contributed by atoms with van der Waals surface area (Å²) in [6.07, 6.45) is -23.0. The van der Waals surface area contributed by atoms with Crippen molar-refractivity contribution in [1.29, 1.82) is 0 Å². The zero-order valence-corrected chi connectivity index (χ0v) is 72.4. The van der Waals surface area contributed by atoms with Gasteiger partial charge in [-0.1, -0.05) is 231 Å². The molecule has 3 heterocycles. The summed E-state index contributed by atoms with van der Waals surface area (Å²) in [6, 6.07) is 72.2. The number of rotatable bonds is 37. The minimum atomic E-state index is -1.84. The molecule has 26 heteroatoms. The first-order valence-electron chi connectivity index (χ1n) is 41.9. The summed E-state index contributed by atoms with van der Waals surface area (Å²) < 4.78 is 116. The molecule has 2 amide bonds. The third-order valence-corrected chi connectivity index (χ3v) is 20.2. The smallest absolute Gasteiger partial charge is 0.415 e. The van der Waals surface area contributed by atoms with Crippen LogP contribution in [0.15, 0.2) is 243 Å². The molecule has 11 rings (SSSR count). The first-order chi connectivity index (χ1) is 59.4. The molecule has 3 fully saturated rings. The van der Waals surface area contributed by atoms with Crippen LogP contribution in [0.4, 0.5) is 4.79 Å². The third kappa shape index (κ3) is 28.6. The second kappa shape index (κ2) is 44.9. The Labute approximate surface area is 725 Å². The van der Waals surface area contributed by atoms with Gasteiger partial charge in [-0.25, -0.2) is 14.4 Å². The van der Waals surface area contributed by atoms with Gasteiger partial charge in [0.1, 0.15) is 66.6 Å². The average molecular weight is 1710 g/mol. The molecule has 0 bridgehead atoms. The van der Waals surface area contributed by atoms with Gasteiger partial charge >= 0.3 is 35.9 Å². The van der Waals surface area contributed by atoms with Gasteiger partial charge in [0.15, 0.2) is 37.1 Å². The van der Waals surface area contributed by atoms with Crippen molar-refractivity contribution in [2.45, 2.75) is 239 Å². The van der Waals surface area contributed by atoms with Gasteiger partial charge in [0, 0.05) is 0 Å². The highest BCUT2D eigenvalue weighted by Crippen LogP contribution is 2.39. The monoisotopic (exact) mass is 1700 g/mol. The highest BCUT2D eigenvalue weighted by molar-refractivity contribution is 5.97. The number of amides is 2. The van der Waals surface area contributed by atoms with E-state index in [1.165, 1.54) is 12.1 Å². The van der Waals surface area contributed by atoms with Gasteiger partial charge in [-0.05, 0) is 134 Å². The fourth-order valence-corrected chi connectivity index (χ4v) is 13.6. The van der Waals surface area contributed by atoms with Crippen LogP contribution >= 0.6 is 0 Å². The van der Waals surface area contributed by atoms with Crippen LogP contribution < -0.4 is 10.6 Å². The van der Waals surface area contributed by atoms with E-state index in [1.807, 2.05) is 212 Å². The molecule has 16 atom stereocenters. The predicted octanol–water partition coefficient (Wildman–Crippen LogP) is 14.6. The summed E-state index contributed by atoms with van der Waals surface area (Å²) in [5.41, 5.74) is 0.696. The molecule has 0 aromatic heterocycles. The van der Waals surface area contributed by atoms with Gasteiger partial charge in [0.05, 0.1) is 94.3 Å². The lowest BCUT2D eigenvalue weighted by molar-refractivity contribution is -0.350. The lowest BCUT2D eigenvalue weighted by Gasteiger charge is -2.49. The van der Waals surface area contributed by atoms with Gasteiger partial charge < -0.3 is 91.2 Å². The van der Waals surface area contributed by atoms with E-state index in [2.05, 4.69) is 10.6 Å². The number of ether oxygens (including phenoxy) is 17. The van der Waals surface area contributed by atoms with Gasteiger partial charge in [0.25, 0.3) is 0 Å². The number of hydrogen-bond acceptors (Lipinski definition) is 24. The second-order valence-electron chi connectivity index (χ2n) is 34.8. The molecule has 2 N–H and O–H groups in total. The van der Waals surface area contributed by atoms with Crippen molar-refractivity contribution in [2.75, 3.05) is 19.8 Å². The zero-order valence-electron chi connectivity index (χ0n) is 72.4. The number of carbonyl (C=O) groups is 7. The molecular formula is C98H116N2O24. The van der Waals surface area contributed by atoms with Crippen LogP contribution in [0.2, 0.25) is 0 Å². The molecule has 3 saturated heterocycles. The molecule has 8 aromatic carbocycles. The van der Waals surface area contributed by atoms with E-state index in [9.17, 15) is 24.0 Å². The quantitative estimate of drug-likeness (QED) is 0.0208. The van der Waals surface area contributed by atoms with Crippen LogP contribution in [0.25, 0.3) is 0 Å². The van der Waals surface area contributed by atoms with E-state index in [-0.39, 0.29) is 58.4 Å². The van der Waals surface area contributed by atoms with Crippen molar-refractivity contribution in [3.05, 3.63) is 287 Å². The molecule has 3 aliphatic rings. The number of nitrogens with one attached hydrogen (secondary N) is 2. The summed E-state index contributed by atoms with van der Waals surface area (Å²) in [6.45, 7) is 18.5. The van der Waals surface area contributed by atoms with Crippen LogP contribution in [-0.2, 0) is 151 Å². The van der Waals surface area contributed by atoms with Crippen molar-refractivity contribution in [1.82, 2.24) is 10.6 Å². The van der Waals surface area contributed by atoms with Crippen molar-refractivity contribution in [2.24, 2.45) is 16.2 Å². The zero-order chi connectivity index (χ0) is 88.4. The molecular weight excluding hydrogens is 1590 g/mol. The Balaban J connectivity index is 1.02. The second-order valence-corrected chi connectivity index (χ2v) is 34.8. The first-order valence-corrected chi connectivity index (χ1v) is 41.9. The Hall–Kier alpha value is -10.4. The van der Waals surface area contributed by atoms with E-state index < -0.39 is 181 Å². The summed E-state index contributed by atoms with van der Waals surface area (Å²) in [5.74, 6) is -5.39. The van der Waals surface area contributed by atoms with Gasteiger partial charge in [-0.15, -0.1) is 0 Å². The van der Waals surface area contributed by atoms with Crippen LogP contribution in [0.1, 0.15) is 139 Å². The number of carbonyl (C=O) groups excluding carboxylic acids is 7. The average Bonchev–Trinajstić information content (AvgIpc) is 0.769. The standard InChI is InChI=1S/C98H116N2O24/c1-95(2,3)91(104)120-79-75(63-115-89-84(114-60-70-49-33-19-34-50-70)81(112-58-68-45-29-17-30-46-68)77(109-55-65-39-23-14-24-40-65)73(118-89)61-108-54-64-37-21-13-22-38-64)119-90(85(122-93(106)97(7,8)9)82(79)121-92(105)96(4,5)6)116-62-74-78(110-56-66-41-25-15-26-42-66)80(111-57-67-43-27-16-28-44-67)83(113-59-69-47-31-18-32-48-69)86(117-74)100-76(101)53-72(88(103)124-98(10,11)12)99-94(107)123-87(102)71-51-35-20-36-52-71/h13-52,72-75,77-86,89-90H,53-63H2,1-12H3,(H,99,107)(H,100,101)/t72-,73+,74+,75+,77+,78+,79+,80-,81-,82-,83+,84+,85+,86-,89-,90+/m0/s1. The molecule has 26 nitrogen and oxygen atoms in total. The maximum Gasteiger partial charge on any atom is 0.415 e. The van der Waals surface area contributed by atoms with Crippen LogP contribution in [0.3, 0.4) is 0 Å². The normalized spacial score (nSPS) is 23.2. The van der Waals surface area contributed by atoms with E-state index in [4.69, 9.17) is 80.5 Å². The summed E-state index contributed by atoms with van der Waals surface area (Å²) >= 11 is 0. The first kappa shape index (κ1) is 94.3. The van der Waals surface area contributed by atoms with E-state index >= 15 is 9.59 Å². The number of alkyl carbamates (subject to hydrolysis) is 1. The van der Waals surface area contributed by atoms with Gasteiger partial charge in [-0.3, -0.25) is 19.2 Å². The topological polar surface area (TPSA) is 300 Å². The predicted molar refractivity (Wildman–Crippen MR) is 455 cm³/mol. The Morgan fingerprint density at radius 2 is 0.645 bits per heavy atom. The molecule has 124 heavy (non-hydrogen) atoms. The summed E-state index contributed by atoms with van der Waals surface area (Å²) in [5, 5.41) is 5.31. The van der Waals surface area contributed by atoms with Gasteiger partial charge in [-0.2, -0.15) is 0 Å². The Morgan fingerprint density at radius 3 is 1.03 bits per heavy atom. The van der Waals surface area contributed by atoms with Crippen molar-refractivity contribution in [3.8, 4) is 0 Å². The van der Waals surface area contributed by atoms with Crippen molar-refractivity contribution in [3.63, 3.8) is 0 Å². The summed E-state index contributed by atoms with van der Waals surface area (Å²) in [4.78, 5) is 101. The maximum atomic E-state index is 15.3. The summed E-state index contributed by atoms with van der Waals surface area (Å²) in [7, 11) is 0. The van der Waals surface area contributed by atoms with Crippen molar-refractivity contribution < 1.29 is 114 Å². The minimum absolute atomic E-state index is 0.0225. The third-order valence-electron chi connectivity index (χ3n) is 20.2. The maximum absolute atomic E-state index is 15.3. The van der Waals surface area contributed by atoms with Crippen LogP contribution in [-0.4, -0.2) is 165 Å². The lowest BCUT2D eigenvalue weighted by atomic mass is 9.93. The number of hydrogen-bond donors (Lipinski definition) is 2. The van der Waals surface area contributed by atoms with E-state index in [0.29, 0.717) is 5.56 Å². The van der Waals surface area contributed by atoms with Crippen LogP contribution in [0, 0.1) is 16.2 Å². The molecule has 0 saturated carbocycles. The largest absolute Gasteiger partial charge is 0.458 e. The van der Waals surface area contributed by atoms with Gasteiger partial charge in [0.2, 0.25) is 5.91 Å². The molecule has 0 aliphatic carbocycles. The van der Waals surface area contributed by atoms with E-state index in [1.54, 1.807) is 101 Å². The Bertz CT molecular complexity index is 4630. The van der Waals surface area contributed by atoms with Crippen LogP contribution in [0.5, 0.6) is 0 Å². The molecule has 0 unspecified atom stereocenters.